The Bertz CT molecular complexity index is 619. The number of carbonyl (C=O) groups is 1. The third-order valence-electron chi connectivity index (χ3n) is 5.26. The molecule has 0 bridgehead atoms. The highest BCUT2D eigenvalue weighted by Gasteiger charge is 2.56. The molecule has 1 amide bonds. The van der Waals surface area contributed by atoms with Crippen LogP contribution >= 0.6 is 0 Å². The third kappa shape index (κ3) is 2.78. The van der Waals surface area contributed by atoms with E-state index in [-0.39, 0.29) is 11.5 Å². The second-order valence-corrected chi connectivity index (χ2v) is 7.31. The van der Waals surface area contributed by atoms with Gasteiger partial charge in [0.15, 0.2) is 0 Å². The number of aliphatic hydroxyl groups is 1. The fraction of sp³-hybridized carbons (Fsp3) is 0.765. The number of carbonyl (C=O) groups excluding carboxylic acids is 1. The van der Waals surface area contributed by atoms with Crippen LogP contribution in [0.15, 0.2) is 0 Å². The number of aromatic nitrogens is 2. The molecule has 1 atom stereocenters. The zero-order valence-corrected chi connectivity index (χ0v) is 14.6. The summed E-state index contributed by atoms with van der Waals surface area (Å²) in [4.78, 5) is 14.5. The summed E-state index contributed by atoms with van der Waals surface area (Å²) in [7, 11) is 1.85. The molecule has 1 spiro atoms. The molecule has 3 heterocycles. The topological polar surface area (TPSA) is 67.6 Å². The number of unbranched alkanes of at least 4 members (excludes halogenated alkanes) is 1. The smallest absolute Gasteiger partial charge is 0.257 e. The van der Waals surface area contributed by atoms with E-state index in [2.05, 4.69) is 12.0 Å². The van der Waals surface area contributed by atoms with Gasteiger partial charge >= 0.3 is 0 Å². The number of amides is 1. The lowest BCUT2D eigenvalue weighted by atomic mass is 9.82. The van der Waals surface area contributed by atoms with Crippen molar-refractivity contribution in [3.63, 3.8) is 0 Å². The van der Waals surface area contributed by atoms with Crippen LogP contribution in [0.1, 0.15) is 54.4 Å². The number of aryl methyl sites for hydroxylation is 2. The molecule has 2 aliphatic heterocycles. The fourth-order valence-electron chi connectivity index (χ4n) is 3.89. The summed E-state index contributed by atoms with van der Waals surface area (Å²) in [5.74, 6) is 0.0197. The molecule has 0 aromatic carbocycles. The summed E-state index contributed by atoms with van der Waals surface area (Å²) >= 11 is 0. The van der Waals surface area contributed by atoms with Crippen LogP contribution in [-0.2, 0) is 11.8 Å². The number of hydrogen-bond acceptors (Lipinski definition) is 4. The maximum atomic E-state index is 12.7. The molecule has 1 unspecified atom stereocenters. The van der Waals surface area contributed by atoms with E-state index < -0.39 is 5.60 Å². The van der Waals surface area contributed by atoms with Crippen molar-refractivity contribution in [2.24, 2.45) is 7.05 Å². The second kappa shape index (κ2) is 5.60. The first-order valence-electron chi connectivity index (χ1n) is 8.45. The maximum Gasteiger partial charge on any atom is 0.257 e. The van der Waals surface area contributed by atoms with Crippen molar-refractivity contribution < 1.29 is 14.6 Å². The zero-order valence-electron chi connectivity index (χ0n) is 14.6. The summed E-state index contributed by atoms with van der Waals surface area (Å²) in [6, 6.07) is 0. The highest BCUT2D eigenvalue weighted by molar-refractivity contribution is 5.97. The van der Waals surface area contributed by atoms with Crippen molar-refractivity contribution in [2.75, 3.05) is 19.7 Å². The van der Waals surface area contributed by atoms with Crippen LogP contribution < -0.4 is 0 Å². The van der Waals surface area contributed by atoms with E-state index in [1.807, 2.05) is 25.8 Å². The minimum absolute atomic E-state index is 0.0197. The lowest BCUT2D eigenvalue weighted by Gasteiger charge is -2.47. The van der Waals surface area contributed by atoms with Crippen LogP contribution in [0.25, 0.3) is 0 Å². The second-order valence-electron chi connectivity index (χ2n) is 7.31. The summed E-state index contributed by atoms with van der Waals surface area (Å²) in [5.41, 5.74) is 1.29. The van der Waals surface area contributed by atoms with Crippen LogP contribution in [0.4, 0.5) is 0 Å². The molecule has 128 valence electrons. The Labute approximate surface area is 137 Å². The normalized spacial score (nSPS) is 25.9. The van der Waals surface area contributed by atoms with Crippen molar-refractivity contribution in [3.8, 4) is 0 Å². The van der Waals surface area contributed by atoms with Gasteiger partial charge in [-0.3, -0.25) is 9.48 Å². The Balaban J connectivity index is 1.64. The molecular formula is C17H27N3O3. The molecule has 1 aromatic rings. The van der Waals surface area contributed by atoms with Crippen molar-refractivity contribution in [3.05, 3.63) is 17.0 Å². The van der Waals surface area contributed by atoms with Crippen LogP contribution in [0.5, 0.6) is 0 Å². The van der Waals surface area contributed by atoms with Gasteiger partial charge < -0.3 is 14.7 Å². The molecule has 23 heavy (non-hydrogen) atoms. The first-order chi connectivity index (χ1) is 10.8. The Morgan fingerprint density at radius 2 is 2.09 bits per heavy atom. The van der Waals surface area contributed by atoms with Crippen LogP contribution in [0, 0.1) is 13.8 Å². The predicted octanol–water partition coefficient (Wildman–Crippen LogP) is 1.57. The van der Waals surface area contributed by atoms with Gasteiger partial charge in [0, 0.05) is 19.2 Å². The summed E-state index contributed by atoms with van der Waals surface area (Å²) in [6.07, 6.45) is 3.49. The zero-order chi connectivity index (χ0) is 16.8. The van der Waals surface area contributed by atoms with Gasteiger partial charge in [0.1, 0.15) is 5.60 Å². The molecule has 3 rings (SSSR count). The van der Waals surface area contributed by atoms with Crippen LogP contribution in [-0.4, -0.2) is 56.6 Å². The number of hydrogen-bond donors (Lipinski definition) is 1. The SMILES string of the molecule is CCCCC1(O)COC2(CN(C(=O)c3c(C)nn(C)c3C)C2)C1. The minimum atomic E-state index is -0.717. The maximum absolute atomic E-state index is 12.7. The van der Waals surface area contributed by atoms with Crippen molar-refractivity contribution in [1.82, 2.24) is 14.7 Å². The highest BCUT2D eigenvalue weighted by atomic mass is 16.5. The Morgan fingerprint density at radius 1 is 1.39 bits per heavy atom. The van der Waals surface area contributed by atoms with Gasteiger partial charge in [-0.1, -0.05) is 19.8 Å². The molecule has 2 saturated heterocycles. The molecule has 0 aliphatic carbocycles. The number of rotatable bonds is 4. The largest absolute Gasteiger partial charge is 0.387 e. The van der Waals surface area contributed by atoms with Gasteiger partial charge in [-0.05, 0) is 20.3 Å². The molecule has 6 heteroatoms. The van der Waals surface area contributed by atoms with Gasteiger partial charge in [-0.2, -0.15) is 5.10 Å². The molecule has 2 fully saturated rings. The Hall–Kier alpha value is -1.40. The quantitative estimate of drug-likeness (QED) is 0.914. The molecular weight excluding hydrogens is 294 g/mol. The summed E-state index contributed by atoms with van der Waals surface area (Å²) < 4.78 is 7.65. The molecule has 2 aliphatic rings. The summed E-state index contributed by atoms with van der Waals surface area (Å²) in [6.45, 7) is 7.42. The van der Waals surface area contributed by atoms with Gasteiger partial charge in [0.2, 0.25) is 0 Å². The van der Waals surface area contributed by atoms with E-state index in [9.17, 15) is 9.90 Å². The minimum Gasteiger partial charge on any atom is -0.387 e. The van der Waals surface area contributed by atoms with Crippen LogP contribution in [0.2, 0.25) is 0 Å². The highest BCUT2D eigenvalue weighted by Crippen LogP contribution is 2.42. The molecule has 0 radical (unpaired) electrons. The molecule has 0 saturated carbocycles. The van der Waals surface area contributed by atoms with E-state index in [1.165, 1.54) is 0 Å². The van der Waals surface area contributed by atoms with E-state index in [4.69, 9.17) is 4.74 Å². The number of nitrogens with zero attached hydrogens (tertiary/aromatic N) is 3. The average Bonchev–Trinajstić information content (AvgIpc) is 2.93. The van der Waals surface area contributed by atoms with Crippen molar-refractivity contribution >= 4 is 5.91 Å². The molecule has 1 aromatic heterocycles. The van der Waals surface area contributed by atoms with Gasteiger partial charge in [0.25, 0.3) is 5.91 Å². The van der Waals surface area contributed by atoms with E-state index in [0.717, 1.165) is 30.7 Å². The Morgan fingerprint density at radius 3 is 2.65 bits per heavy atom. The van der Waals surface area contributed by atoms with E-state index in [1.54, 1.807) is 4.68 Å². The molecule has 6 nitrogen and oxygen atoms in total. The monoisotopic (exact) mass is 321 g/mol. The molecule has 1 N–H and O–H groups in total. The first kappa shape index (κ1) is 16.5. The first-order valence-corrected chi connectivity index (χ1v) is 8.45. The Kier molecular flexibility index (Phi) is 4.01. The van der Waals surface area contributed by atoms with Crippen molar-refractivity contribution in [1.29, 1.82) is 0 Å². The van der Waals surface area contributed by atoms with E-state index in [0.29, 0.717) is 31.7 Å². The number of ether oxygens (including phenoxy) is 1. The number of likely N-dealkylation sites (tertiary alicyclic amines) is 1. The van der Waals surface area contributed by atoms with Gasteiger partial charge in [-0.25, -0.2) is 0 Å². The predicted molar refractivity (Wildman–Crippen MR) is 86.4 cm³/mol. The lowest BCUT2D eigenvalue weighted by molar-refractivity contribution is -0.0956. The summed E-state index contributed by atoms with van der Waals surface area (Å²) in [5, 5.41) is 14.9. The fourth-order valence-corrected chi connectivity index (χ4v) is 3.89. The van der Waals surface area contributed by atoms with Crippen LogP contribution in [0.3, 0.4) is 0 Å². The van der Waals surface area contributed by atoms with Gasteiger partial charge in [-0.15, -0.1) is 0 Å². The van der Waals surface area contributed by atoms with Gasteiger partial charge in [0.05, 0.1) is 36.6 Å². The standard InChI is InChI=1S/C17H27N3O3/c1-5-6-7-16(22)8-17(23-11-16)9-20(10-17)15(21)14-12(2)18-19(4)13(14)3/h22H,5-11H2,1-4H3. The lowest BCUT2D eigenvalue weighted by Crippen LogP contribution is -2.63. The van der Waals surface area contributed by atoms with Crippen molar-refractivity contribution in [2.45, 2.75) is 57.7 Å². The van der Waals surface area contributed by atoms with E-state index >= 15 is 0 Å². The third-order valence-corrected chi connectivity index (χ3v) is 5.26. The average molecular weight is 321 g/mol.